The maximum Gasteiger partial charge on any atom is 0.259 e. The number of carbonyl (C=O) groups is 1. The maximum atomic E-state index is 12.7. The number of fused-ring (bicyclic) bond motifs is 2. The number of para-hydroxylation sites is 1. The summed E-state index contributed by atoms with van der Waals surface area (Å²) in [5.74, 6) is -0.0587. The lowest BCUT2D eigenvalue weighted by atomic mass is 9.95. The second kappa shape index (κ2) is 4.95. The highest BCUT2D eigenvalue weighted by Gasteiger charge is 2.47. The number of nitrogens with zero attached hydrogens (tertiary/aromatic N) is 1. The Morgan fingerprint density at radius 1 is 1.27 bits per heavy atom. The normalized spacial score (nSPS) is 20.5. The van der Waals surface area contributed by atoms with Crippen LogP contribution in [0, 0.1) is 5.92 Å². The molecule has 22 heavy (non-hydrogen) atoms. The second-order valence-electron chi connectivity index (χ2n) is 6.21. The molecule has 116 valence electrons. The molecule has 1 aliphatic rings. The van der Waals surface area contributed by atoms with Crippen molar-refractivity contribution in [3.63, 3.8) is 0 Å². The Morgan fingerprint density at radius 3 is 2.59 bits per heavy atom. The molecule has 0 saturated heterocycles. The number of aromatic nitrogens is 1. The van der Waals surface area contributed by atoms with Crippen LogP contribution < -0.4 is 10.7 Å². The van der Waals surface area contributed by atoms with Crippen LogP contribution in [0.4, 0.5) is 0 Å². The van der Waals surface area contributed by atoms with Crippen molar-refractivity contribution in [2.24, 2.45) is 13.0 Å². The van der Waals surface area contributed by atoms with Gasteiger partial charge in [-0.05, 0) is 18.1 Å². The number of nitrogens with one attached hydrogen (secondary N) is 1. The minimum Gasteiger partial charge on any atom is -0.353 e. The molecule has 0 radical (unpaired) electrons. The summed E-state index contributed by atoms with van der Waals surface area (Å²) in [5.41, 5.74) is 0.441. The van der Waals surface area contributed by atoms with Crippen molar-refractivity contribution in [1.29, 1.82) is 0 Å². The van der Waals surface area contributed by atoms with Crippen LogP contribution in [0.15, 0.2) is 29.1 Å². The minimum atomic E-state index is -0.946. The molecule has 0 bridgehead atoms. The summed E-state index contributed by atoms with van der Waals surface area (Å²) in [6.07, 6.45) is 0.605. The third-order valence-corrected chi connectivity index (χ3v) is 4.28. The Labute approximate surface area is 128 Å². The first-order valence-corrected chi connectivity index (χ1v) is 7.41. The molecule has 0 saturated carbocycles. The zero-order valence-electron chi connectivity index (χ0n) is 13.3. The van der Waals surface area contributed by atoms with Crippen molar-refractivity contribution in [1.82, 2.24) is 9.88 Å². The smallest absolute Gasteiger partial charge is 0.259 e. The zero-order valence-corrected chi connectivity index (χ0v) is 13.3. The van der Waals surface area contributed by atoms with Gasteiger partial charge in [0.15, 0.2) is 5.72 Å². The first kappa shape index (κ1) is 14.8. The lowest BCUT2D eigenvalue weighted by Gasteiger charge is -2.32. The van der Waals surface area contributed by atoms with Gasteiger partial charge in [0.2, 0.25) is 5.43 Å². The molecule has 2 heterocycles. The Hall–Kier alpha value is -2.14. The van der Waals surface area contributed by atoms with E-state index >= 15 is 0 Å². The summed E-state index contributed by atoms with van der Waals surface area (Å²) in [6, 6.07) is 7.33. The number of methoxy groups -OCH3 is 1. The van der Waals surface area contributed by atoms with Gasteiger partial charge in [-0.1, -0.05) is 26.0 Å². The van der Waals surface area contributed by atoms with Crippen LogP contribution in [-0.4, -0.2) is 17.6 Å². The van der Waals surface area contributed by atoms with Crippen LogP contribution in [0.2, 0.25) is 0 Å². The van der Waals surface area contributed by atoms with E-state index in [1.165, 1.54) is 0 Å². The number of ether oxygens (including phenoxy) is 1. The molecule has 1 aromatic heterocycles. The molecule has 1 atom stereocenters. The van der Waals surface area contributed by atoms with Crippen molar-refractivity contribution < 1.29 is 9.53 Å². The van der Waals surface area contributed by atoms with Gasteiger partial charge in [0.25, 0.3) is 5.91 Å². The van der Waals surface area contributed by atoms with Gasteiger partial charge < -0.3 is 14.6 Å². The van der Waals surface area contributed by atoms with Crippen LogP contribution in [0.25, 0.3) is 10.9 Å². The predicted octanol–water partition coefficient (Wildman–Crippen LogP) is 2.13. The standard InChI is InChI=1S/C17H20N2O3/c1-10(2)9-17(22-4)15-13(16(21)18-17)14(20)11-7-5-6-8-12(11)19(15)3/h5-8,10H,9H2,1-4H3,(H,18,21)/t17-/m1/s1. The summed E-state index contributed by atoms with van der Waals surface area (Å²) in [5, 5.41) is 3.44. The van der Waals surface area contributed by atoms with Gasteiger partial charge in [0, 0.05) is 26.0 Å². The lowest BCUT2D eigenvalue weighted by Crippen LogP contribution is -2.43. The number of hydrogen-bond acceptors (Lipinski definition) is 3. The quantitative estimate of drug-likeness (QED) is 0.944. The molecular weight excluding hydrogens is 280 g/mol. The van der Waals surface area contributed by atoms with E-state index in [2.05, 4.69) is 19.2 Å². The summed E-state index contributed by atoms with van der Waals surface area (Å²) in [4.78, 5) is 25.2. The maximum absolute atomic E-state index is 12.7. The number of rotatable bonds is 3. The number of hydrogen-bond donors (Lipinski definition) is 1. The first-order valence-electron chi connectivity index (χ1n) is 7.41. The molecule has 0 aliphatic carbocycles. The van der Waals surface area contributed by atoms with Crippen molar-refractivity contribution in [3.05, 3.63) is 45.7 Å². The Bertz CT molecular complexity index is 822. The average molecular weight is 300 g/mol. The van der Waals surface area contributed by atoms with Crippen LogP contribution in [0.3, 0.4) is 0 Å². The van der Waals surface area contributed by atoms with E-state index in [0.29, 0.717) is 23.4 Å². The van der Waals surface area contributed by atoms with Crippen LogP contribution >= 0.6 is 0 Å². The van der Waals surface area contributed by atoms with Gasteiger partial charge >= 0.3 is 0 Å². The minimum absolute atomic E-state index is 0.198. The number of amides is 1. The molecule has 3 rings (SSSR count). The van der Waals surface area contributed by atoms with Gasteiger partial charge in [0.05, 0.1) is 11.2 Å². The molecule has 5 nitrogen and oxygen atoms in total. The van der Waals surface area contributed by atoms with E-state index in [9.17, 15) is 9.59 Å². The summed E-state index contributed by atoms with van der Waals surface area (Å²) in [7, 11) is 3.44. The van der Waals surface area contributed by atoms with E-state index in [1.807, 2.05) is 23.7 Å². The van der Waals surface area contributed by atoms with E-state index in [4.69, 9.17) is 4.74 Å². The molecule has 0 unspecified atom stereocenters. The van der Waals surface area contributed by atoms with E-state index < -0.39 is 5.72 Å². The van der Waals surface area contributed by atoms with Crippen LogP contribution in [0.1, 0.15) is 36.3 Å². The van der Waals surface area contributed by atoms with Crippen LogP contribution in [0.5, 0.6) is 0 Å². The molecular formula is C17H20N2O3. The van der Waals surface area contributed by atoms with E-state index in [0.717, 1.165) is 5.52 Å². The third-order valence-electron chi connectivity index (χ3n) is 4.28. The molecule has 0 spiro atoms. The fourth-order valence-electron chi connectivity index (χ4n) is 3.43. The van der Waals surface area contributed by atoms with Gasteiger partial charge in [-0.2, -0.15) is 0 Å². The third kappa shape index (κ3) is 1.89. The fourth-order valence-corrected chi connectivity index (χ4v) is 3.43. The summed E-state index contributed by atoms with van der Waals surface area (Å²) >= 11 is 0. The number of carbonyl (C=O) groups excluding carboxylic acids is 1. The molecule has 1 aromatic carbocycles. The predicted molar refractivity (Wildman–Crippen MR) is 84.8 cm³/mol. The summed E-state index contributed by atoms with van der Waals surface area (Å²) in [6.45, 7) is 4.12. The lowest BCUT2D eigenvalue weighted by molar-refractivity contribution is -0.0515. The SMILES string of the molecule is CO[C@@]1(CC(C)C)NC(=O)c2c1n(C)c1ccccc1c2=O. The van der Waals surface area contributed by atoms with Crippen molar-refractivity contribution in [3.8, 4) is 0 Å². The van der Waals surface area contributed by atoms with Crippen molar-refractivity contribution in [2.45, 2.75) is 26.0 Å². The molecule has 1 amide bonds. The Morgan fingerprint density at radius 2 is 1.95 bits per heavy atom. The molecule has 1 aliphatic heterocycles. The molecule has 1 N–H and O–H groups in total. The van der Waals surface area contributed by atoms with E-state index in [1.54, 1.807) is 19.2 Å². The number of benzene rings is 1. The molecule has 0 fully saturated rings. The second-order valence-corrected chi connectivity index (χ2v) is 6.21. The fraction of sp³-hybridized carbons (Fsp3) is 0.412. The highest BCUT2D eigenvalue weighted by atomic mass is 16.5. The Kier molecular flexibility index (Phi) is 3.33. The van der Waals surface area contributed by atoms with Crippen molar-refractivity contribution >= 4 is 16.8 Å². The van der Waals surface area contributed by atoms with Gasteiger partial charge in [0.1, 0.15) is 5.56 Å². The van der Waals surface area contributed by atoms with Crippen LogP contribution in [-0.2, 0) is 17.5 Å². The largest absolute Gasteiger partial charge is 0.353 e. The van der Waals surface area contributed by atoms with Crippen molar-refractivity contribution in [2.75, 3.05) is 7.11 Å². The topological polar surface area (TPSA) is 60.3 Å². The highest BCUT2D eigenvalue weighted by Crippen LogP contribution is 2.36. The number of aryl methyl sites for hydroxylation is 1. The molecule has 2 aromatic rings. The first-order chi connectivity index (χ1) is 10.4. The van der Waals surface area contributed by atoms with Gasteiger partial charge in [-0.25, -0.2) is 0 Å². The molecule has 5 heteroatoms. The van der Waals surface area contributed by atoms with Gasteiger partial charge in [-0.15, -0.1) is 0 Å². The number of pyridine rings is 1. The monoisotopic (exact) mass is 300 g/mol. The highest BCUT2D eigenvalue weighted by molar-refractivity contribution is 6.02. The Balaban J connectivity index is 2.42. The summed E-state index contributed by atoms with van der Waals surface area (Å²) < 4.78 is 7.60. The van der Waals surface area contributed by atoms with Gasteiger partial charge in [-0.3, -0.25) is 9.59 Å². The average Bonchev–Trinajstić information content (AvgIpc) is 2.77. The zero-order chi connectivity index (χ0) is 16.1. The van der Waals surface area contributed by atoms with E-state index in [-0.39, 0.29) is 16.9 Å².